The van der Waals surface area contributed by atoms with Gasteiger partial charge in [-0.05, 0) is 116 Å². The number of ether oxygens (including phenoxy) is 2. The maximum Gasteiger partial charge on any atom is 0.299 e. The Morgan fingerprint density at radius 2 is 2.04 bits per heavy atom. The number of aryl methyl sites for hydroxylation is 2. The van der Waals surface area contributed by atoms with Gasteiger partial charge in [-0.15, -0.1) is 4.36 Å². The molecule has 11 heteroatoms. The number of methoxy groups -OCH3 is 1. The van der Waals surface area contributed by atoms with Crippen LogP contribution in [0.4, 0.5) is 5.69 Å². The third-order valence-electron chi connectivity index (χ3n) is 10.7. The van der Waals surface area contributed by atoms with Gasteiger partial charge in [-0.3, -0.25) is 14.3 Å². The summed E-state index contributed by atoms with van der Waals surface area (Å²) in [5.74, 6) is -0.0554. The van der Waals surface area contributed by atoms with Crippen molar-refractivity contribution in [3.8, 4) is 5.75 Å². The van der Waals surface area contributed by atoms with E-state index < -0.39 is 21.7 Å². The number of anilines is 1. The van der Waals surface area contributed by atoms with Crippen molar-refractivity contribution in [3.05, 3.63) is 93.9 Å². The van der Waals surface area contributed by atoms with Crippen LogP contribution in [0.25, 0.3) is 0 Å². The normalized spacial score (nSPS) is 30.5. The molecule has 3 heterocycles. The summed E-state index contributed by atoms with van der Waals surface area (Å²) in [6, 6.07) is 13.1. The standard InChI is InChI=1S/C38H44ClN3O6S/c1-24-6-4-8-33(46-3)30-12-9-28(30)19-42-22-38(15-5-7-26-17-29(39)11-13-31(26)38)23-48-34-14-10-27(18-32(34)42)36(43)40-49(45,21-24)41-37(44)35-16-25(2)20-47-35/h4,8,10-11,13-14,16-18,20,24,28,30,33H,5-7,9,12,15,19,21-23H2,1-3H3,(H,40,41,43,44,45)/b8-4+/t24-,28-,30+,33-,38-,49-/m0/s1. The third-order valence-corrected chi connectivity index (χ3v) is 12.9. The average molecular weight is 706 g/mol. The molecule has 3 aromatic rings. The van der Waals surface area contributed by atoms with E-state index in [1.54, 1.807) is 26.2 Å². The first-order valence-electron chi connectivity index (χ1n) is 17.2. The van der Waals surface area contributed by atoms with Gasteiger partial charge in [-0.2, -0.15) is 0 Å². The number of amides is 2. The van der Waals surface area contributed by atoms with Crippen LogP contribution in [-0.4, -0.2) is 54.7 Å². The summed E-state index contributed by atoms with van der Waals surface area (Å²) in [6.07, 6.45) is 11.3. The quantitative estimate of drug-likeness (QED) is 0.285. The topological polar surface area (TPSA) is 110 Å². The van der Waals surface area contributed by atoms with Crippen molar-refractivity contribution in [1.82, 2.24) is 4.72 Å². The van der Waals surface area contributed by atoms with E-state index in [0.717, 1.165) is 54.9 Å². The first kappa shape index (κ1) is 33.9. The maximum atomic E-state index is 14.4. The molecule has 2 amide bonds. The summed E-state index contributed by atoms with van der Waals surface area (Å²) in [6.45, 7) is 5.73. The van der Waals surface area contributed by atoms with Gasteiger partial charge in [-0.1, -0.05) is 36.7 Å². The molecule has 1 fully saturated rings. The molecule has 9 nitrogen and oxygen atoms in total. The van der Waals surface area contributed by atoms with Gasteiger partial charge in [0.15, 0.2) is 5.76 Å². The number of benzene rings is 2. The first-order chi connectivity index (χ1) is 23.5. The van der Waals surface area contributed by atoms with E-state index in [1.165, 1.54) is 17.4 Å². The van der Waals surface area contributed by atoms with E-state index in [9.17, 15) is 13.8 Å². The van der Waals surface area contributed by atoms with Crippen LogP contribution in [0.3, 0.4) is 0 Å². The number of furan rings is 1. The number of carbonyl (C=O) groups excluding carboxylic acids is 2. The van der Waals surface area contributed by atoms with E-state index >= 15 is 0 Å². The average Bonchev–Trinajstić information content (AvgIpc) is 3.43. The van der Waals surface area contributed by atoms with Gasteiger partial charge in [0.25, 0.3) is 11.8 Å². The fourth-order valence-electron chi connectivity index (χ4n) is 8.11. The van der Waals surface area contributed by atoms with E-state index in [1.807, 2.05) is 25.1 Å². The highest BCUT2D eigenvalue weighted by molar-refractivity contribution is 7.92. The van der Waals surface area contributed by atoms with E-state index in [2.05, 4.69) is 38.3 Å². The number of fused-ring (bicyclic) bond motifs is 4. The van der Waals surface area contributed by atoms with Gasteiger partial charge in [-0.25, -0.2) is 4.21 Å². The van der Waals surface area contributed by atoms with Crippen LogP contribution in [-0.2, 0) is 26.5 Å². The molecular formula is C38H44ClN3O6S. The molecular weight excluding hydrogens is 662 g/mol. The van der Waals surface area contributed by atoms with Crippen molar-refractivity contribution in [2.24, 2.45) is 22.1 Å². The van der Waals surface area contributed by atoms with Crippen LogP contribution in [0.2, 0.25) is 5.02 Å². The second kappa shape index (κ2) is 13.6. The fourth-order valence-corrected chi connectivity index (χ4v) is 10.2. The molecule has 1 aromatic heterocycles. The van der Waals surface area contributed by atoms with E-state index in [4.69, 9.17) is 25.5 Å². The minimum Gasteiger partial charge on any atom is -0.490 e. The Labute approximate surface area is 293 Å². The minimum absolute atomic E-state index is 0.00959. The fraction of sp³-hybridized carbons (Fsp3) is 0.474. The molecule has 2 bridgehead atoms. The van der Waals surface area contributed by atoms with Crippen molar-refractivity contribution in [3.63, 3.8) is 0 Å². The second-order valence-corrected chi connectivity index (χ2v) is 16.8. The number of nitrogens with one attached hydrogen (secondary N) is 1. The highest BCUT2D eigenvalue weighted by Gasteiger charge is 2.44. The SMILES string of the molecule is CO[C@H]1/C=C/C[C@H](C)C[S@@](=O)(NC(=O)c2cc(C)co2)=NC(=O)c2ccc3c(c2)N(C[C@@H]2CC[C@H]21)C[C@@]1(CCCc2cc(Cl)ccc21)CO3. The zero-order valence-electron chi connectivity index (χ0n) is 28.3. The number of nitrogens with zero attached hydrogens (tertiary/aromatic N) is 2. The number of hydrogen-bond acceptors (Lipinski definition) is 7. The highest BCUT2D eigenvalue weighted by atomic mass is 35.5. The van der Waals surface area contributed by atoms with E-state index in [0.29, 0.717) is 37.2 Å². The maximum absolute atomic E-state index is 14.4. The highest BCUT2D eigenvalue weighted by Crippen LogP contribution is 2.47. The van der Waals surface area contributed by atoms with Crippen LogP contribution >= 0.6 is 11.6 Å². The van der Waals surface area contributed by atoms with Crippen LogP contribution in [0.15, 0.2) is 69.7 Å². The Morgan fingerprint density at radius 1 is 1.18 bits per heavy atom. The first-order valence-corrected chi connectivity index (χ1v) is 19.3. The summed E-state index contributed by atoms with van der Waals surface area (Å²) in [5, 5.41) is 0.739. The number of halogens is 1. The van der Waals surface area contributed by atoms with Crippen molar-refractivity contribution < 1.29 is 27.7 Å². The zero-order valence-corrected chi connectivity index (χ0v) is 29.9. The Balaban J connectivity index is 1.31. The predicted molar refractivity (Wildman–Crippen MR) is 191 cm³/mol. The van der Waals surface area contributed by atoms with Crippen molar-refractivity contribution in [2.75, 3.05) is 37.5 Å². The van der Waals surface area contributed by atoms with Crippen molar-refractivity contribution in [1.29, 1.82) is 0 Å². The molecule has 4 aliphatic rings. The van der Waals surface area contributed by atoms with Crippen LogP contribution < -0.4 is 14.4 Å². The lowest BCUT2D eigenvalue weighted by Crippen LogP contribution is -2.49. The summed E-state index contributed by atoms with van der Waals surface area (Å²) in [5.41, 5.74) is 4.13. The summed E-state index contributed by atoms with van der Waals surface area (Å²) in [7, 11) is -1.78. The molecule has 49 heavy (non-hydrogen) atoms. The molecule has 6 atom stereocenters. The molecule has 2 aromatic carbocycles. The Hall–Kier alpha value is -3.60. The lowest BCUT2D eigenvalue weighted by atomic mass is 9.68. The molecule has 260 valence electrons. The number of carbonyl (C=O) groups is 2. The van der Waals surface area contributed by atoms with Gasteiger partial charge in [0, 0.05) is 36.2 Å². The molecule has 7 rings (SSSR count). The molecule has 1 spiro atoms. The molecule has 2 aliphatic heterocycles. The summed E-state index contributed by atoms with van der Waals surface area (Å²) < 4.78 is 39.2. The molecule has 0 radical (unpaired) electrons. The molecule has 1 saturated carbocycles. The zero-order chi connectivity index (χ0) is 34.3. The van der Waals surface area contributed by atoms with Gasteiger partial charge in [0.2, 0.25) is 0 Å². The molecule has 0 unspecified atom stereocenters. The Kier molecular flexibility index (Phi) is 9.41. The number of rotatable bonds is 3. The number of hydrogen-bond donors (Lipinski definition) is 1. The van der Waals surface area contributed by atoms with E-state index in [-0.39, 0.29) is 34.5 Å². The summed E-state index contributed by atoms with van der Waals surface area (Å²) >= 11 is 6.45. The molecule has 1 N–H and O–H groups in total. The number of allylic oxidation sites excluding steroid dienone is 1. The Bertz CT molecular complexity index is 1910. The lowest BCUT2D eigenvalue weighted by molar-refractivity contribution is 0.0131. The third kappa shape index (κ3) is 6.92. The molecule has 0 saturated heterocycles. The smallest absolute Gasteiger partial charge is 0.299 e. The van der Waals surface area contributed by atoms with Gasteiger partial charge < -0.3 is 18.8 Å². The summed E-state index contributed by atoms with van der Waals surface area (Å²) in [4.78, 5) is 29.4. The minimum atomic E-state index is -3.54. The second-order valence-electron chi connectivity index (χ2n) is 14.4. The largest absolute Gasteiger partial charge is 0.490 e. The van der Waals surface area contributed by atoms with Crippen LogP contribution in [0.1, 0.15) is 76.6 Å². The van der Waals surface area contributed by atoms with Crippen molar-refractivity contribution >= 4 is 39.0 Å². The van der Waals surface area contributed by atoms with Crippen LogP contribution in [0, 0.1) is 24.7 Å². The Morgan fingerprint density at radius 3 is 2.80 bits per heavy atom. The van der Waals surface area contributed by atoms with Crippen molar-refractivity contribution in [2.45, 2.75) is 63.9 Å². The van der Waals surface area contributed by atoms with Gasteiger partial charge >= 0.3 is 0 Å². The molecule has 2 aliphatic carbocycles. The van der Waals surface area contributed by atoms with Gasteiger partial charge in [0.05, 0.1) is 30.4 Å². The lowest BCUT2D eigenvalue weighted by Gasteiger charge is -2.46. The predicted octanol–water partition coefficient (Wildman–Crippen LogP) is 7.30. The monoisotopic (exact) mass is 705 g/mol. The van der Waals surface area contributed by atoms with Crippen LogP contribution in [0.5, 0.6) is 5.75 Å². The van der Waals surface area contributed by atoms with Gasteiger partial charge in [0.1, 0.15) is 15.7 Å².